The monoisotopic (exact) mass is 408 g/mol. The van der Waals surface area contributed by atoms with Crippen LogP contribution in [0.15, 0.2) is 54.6 Å². The van der Waals surface area contributed by atoms with Crippen LogP contribution in [0.1, 0.15) is 18.9 Å². The summed E-state index contributed by atoms with van der Waals surface area (Å²) in [6.07, 6.45) is 0.544. The maximum Gasteiger partial charge on any atom is 0.224 e. The molecule has 1 heterocycles. The van der Waals surface area contributed by atoms with Crippen molar-refractivity contribution in [3.05, 3.63) is 60.2 Å². The van der Waals surface area contributed by atoms with Gasteiger partial charge in [-0.15, -0.1) is 0 Å². The lowest BCUT2D eigenvalue weighted by molar-refractivity contribution is -0.131. The van der Waals surface area contributed by atoms with Crippen LogP contribution in [0.3, 0.4) is 0 Å². The van der Waals surface area contributed by atoms with Gasteiger partial charge in [0.25, 0.3) is 0 Å². The van der Waals surface area contributed by atoms with Crippen molar-refractivity contribution in [2.24, 2.45) is 0 Å². The molecule has 0 spiro atoms. The third-order valence-electron chi connectivity index (χ3n) is 5.05. The van der Waals surface area contributed by atoms with E-state index in [2.05, 4.69) is 27.7 Å². The number of hydrogen-bond donors (Lipinski definition) is 2. The van der Waals surface area contributed by atoms with Gasteiger partial charge in [-0.1, -0.05) is 30.3 Å². The first kappa shape index (κ1) is 21.4. The minimum absolute atomic E-state index is 0.0719. The van der Waals surface area contributed by atoms with Gasteiger partial charge in [0.1, 0.15) is 0 Å². The van der Waals surface area contributed by atoms with Crippen LogP contribution in [-0.2, 0) is 20.8 Å². The van der Waals surface area contributed by atoms with Gasteiger partial charge in [0.05, 0.1) is 6.42 Å². The molecular weight excluding hydrogens is 380 g/mol. The van der Waals surface area contributed by atoms with Crippen LogP contribution >= 0.6 is 0 Å². The molecule has 2 aromatic carbocycles. The number of nitrogens with one attached hydrogen (secondary N) is 2. The van der Waals surface area contributed by atoms with Crippen LogP contribution in [0.5, 0.6) is 0 Å². The summed E-state index contributed by atoms with van der Waals surface area (Å²) in [5.41, 5.74) is 2.73. The maximum absolute atomic E-state index is 12.4. The van der Waals surface area contributed by atoms with Gasteiger partial charge in [0.2, 0.25) is 17.7 Å². The van der Waals surface area contributed by atoms with Crippen molar-refractivity contribution >= 4 is 29.1 Å². The van der Waals surface area contributed by atoms with Crippen LogP contribution in [0.2, 0.25) is 0 Å². The van der Waals surface area contributed by atoms with Crippen molar-refractivity contribution in [3.8, 4) is 0 Å². The Morgan fingerprint density at radius 1 is 0.900 bits per heavy atom. The Balaban J connectivity index is 1.35. The molecule has 1 aliphatic heterocycles. The van der Waals surface area contributed by atoms with Crippen molar-refractivity contribution < 1.29 is 14.4 Å². The predicted octanol–water partition coefficient (Wildman–Crippen LogP) is 2.04. The highest BCUT2D eigenvalue weighted by Crippen LogP contribution is 2.16. The molecule has 0 bridgehead atoms. The normalized spacial score (nSPS) is 13.6. The molecule has 0 radical (unpaired) electrons. The minimum atomic E-state index is -0.133. The van der Waals surface area contributed by atoms with Crippen molar-refractivity contribution in [1.29, 1.82) is 0 Å². The van der Waals surface area contributed by atoms with Crippen LogP contribution in [0.25, 0.3) is 0 Å². The number of carbonyl (C=O) groups is 3. The second-order valence-electron chi connectivity index (χ2n) is 7.36. The average molecular weight is 409 g/mol. The largest absolute Gasteiger partial charge is 0.368 e. The van der Waals surface area contributed by atoms with E-state index < -0.39 is 0 Å². The molecule has 7 heteroatoms. The van der Waals surface area contributed by atoms with E-state index in [1.807, 2.05) is 35.2 Å². The Morgan fingerprint density at radius 2 is 1.57 bits per heavy atom. The van der Waals surface area contributed by atoms with E-state index in [0.717, 1.165) is 18.7 Å². The summed E-state index contributed by atoms with van der Waals surface area (Å²) in [6, 6.07) is 17.4. The van der Waals surface area contributed by atoms with E-state index in [1.165, 1.54) is 12.6 Å². The van der Waals surface area contributed by atoms with Crippen LogP contribution < -0.4 is 15.5 Å². The van der Waals surface area contributed by atoms with Gasteiger partial charge in [0.15, 0.2) is 0 Å². The third kappa shape index (κ3) is 6.34. The molecule has 30 heavy (non-hydrogen) atoms. The molecule has 1 fully saturated rings. The van der Waals surface area contributed by atoms with E-state index in [4.69, 9.17) is 0 Å². The van der Waals surface area contributed by atoms with Crippen LogP contribution in [-0.4, -0.2) is 55.3 Å². The number of carbonyl (C=O) groups excluding carboxylic acids is 3. The second-order valence-corrected chi connectivity index (χ2v) is 7.36. The van der Waals surface area contributed by atoms with E-state index in [1.54, 1.807) is 12.1 Å². The fourth-order valence-corrected chi connectivity index (χ4v) is 3.48. The minimum Gasteiger partial charge on any atom is -0.368 e. The second kappa shape index (κ2) is 10.4. The predicted molar refractivity (Wildman–Crippen MR) is 117 cm³/mol. The third-order valence-corrected chi connectivity index (χ3v) is 5.05. The molecule has 0 aromatic heterocycles. The number of nitrogens with zero attached hydrogens (tertiary/aromatic N) is 2. The quantitative estimate of drug-likeness (QED) is 0.735. The van der Waals surface area contributed by atoms with E-state index in [-0.39, 0.29) is 24.1 Å². The molecule has 7 nitrogen and oxygen atoms in total. The van der Waals surface area contributed by atoms with Gasteiger partial charge in [0, 0.05) is 57.4 Å². The number of amides is 3. The first-order chi connectivity index (χ1) is 14.5. The summed E-state index contributed by atoms with van der Waals surface area (Å²) >= 11 is 0. The van der Waals surface area contributed by atoms with E-state index in [0.29, 0.717) is 31.7 Å². The molecular formula is C23H28N4O3. The molecule has 0 unspecified atom stereocenters. The molecule has 2 N–H and O–H groups in total. The molecule has 158 valence electrons. The highest BCUT2D eigenvalue weighted by molar-refractivity contribution is 5.88. The van der Waals surface area contributed by atoms with Gasteiger partial charge >= 0.3 is 0 Å². The first-order valence-electron chi connectivity index (χ1n) is 10.2. The summed E-state index contributed by atoms with van der Waals surface area (Å²) in [4.78, 5) is 39.7. The van der Waals surface area contributed by atoms with Gasteiger partial charge < -0.3 is 20.4 Å². The molecule has 2 aromatic rings. The van der Waals surface area contributed by atoms with Gasteiger partial charge in [-0.05, 0) is 29.8 Å². The zero-order valence-electron chi connectivity index (χ0n) is 17.3. The van der Waals surface area contributed by atoms with Crippen molar-refractivity contribution in [1.82, 2.24) is 10.2 Å². The lowest BCUT2D eigenvalue weighted by atomic mass is 10.1. The molecule has 1 saturated heterocycles. The fourth-order valence-electron chi connectivity index (χ4n) is 3.48. The van der Waals surface area contributed by atoms with Gasteiger partial charge in [-0.3, -0.25) is 14.4 Å². The fraction of sp³-hybridized carbons (Fsp3) is 0.348. The van der Waals surface area contributed by atoms with Gasteiger partial charge in [-0.25, -0.2) is 0 Å². The summed E-state index contributed by atoms with van der Waals surface area (Å²) in [6.45, 7) is 4.81. The zero-order valence-corrected chi connectivity index (χ0v) is 17.3. The summed E-state index contributed by atoms with van der Waals surface area (Å²) in [5, 5.41) is 5.51. The summed E-state index contributed by atoms with van der Waals surface area (Å²) in [5.74, 6) is -0.182. The first-order valence-corrected chi connectivity index (χ1v) is 10.2. The van der Waals surface area contributed by atoms with Gasteiger partial charge in [-0.2, -0.15) is 0 Å². The molecule has 0 aliphatic carbocycles. The average Bonchev–Trinajstić information content (AvgIpc) is 2.75. The number of piperazine rings is 1. The Morgan fingerprint density at radius 3 is 2.20 bits per heavy atom. The number of anilines is 2. The number of rotatable bonds is 7. The Labute approximate surface area is 177 Å². The summed E-state index contributed by atoms with van der Waals surface area (Å²) in [7, 11) is 0. The standard InChI is InChI=1S/C23H28N4O3/c1-18(28)25-20-9-7-19(8-10-20)17-22(29)24-12-11-23(30)27-15-13-26(14-16-27)21-5-3-2-4-6-21/h2-10H,11-17H2,1H3,(H,24,29)(H,25,28). The lowest BCUT2D eigenvalue weighted by Gasteiger charge is -2.36. The zero-order chi connectivity index (χ0) is 21.3. The number of hydrogen-bond acceptors (Lipinski definition) is 4. The molecule has 0 saturated carbocycles. The summed E-state index contributed by atoms with van der Waals surface area (Å²) < 4.78 is 0. The number of para-hydroxylation sites is 1. The molecule has 3 amide bonds. The smallest absolute Gasteiger partial charge is 0.224 e. The van der Waals surface area contributed by atoms with Crippen molar-refractivity contribution in [2.45, 2.75) is 19.8 Å². The maximum atomic E-state index is 12.4. The topological polar surface area (TPSA) is 81.8 Å². The van der Waals surface area contributed by atoms with E-state index >= 15 is 0 Å². The Hall–Kier alpha value is -3.35. The Bertz CT molecular complexity index is 860. The highest BCUT2D eigenvalue weighted by Gasteiger charge is 2.21. The molecule has 1 aliphatic rings. The van der Waals surface area contributed by atoms with Crippen LogP contribution in [0.4, 0.5) is 11.4 Å². The molecule has 0 atom stereocenters. The van der Waals surface area contributed by atoms with Crippen molar-refractivity contribution in [3.63, 3.8) is 0 Å². The Kier molecular flexibility index (Phi) is 7.43. The van der Waals surface area contributed by atoms with Crippen molar-refractivity contribution in [2.75, 3.05) is 42.9 Å². The lowest BCUT2D eigenvalue weighted by Crippen LogP contribution is -2.49. The van der Waals surface area contributed by atoms with E-state index in [9.17, 15) is 14.4 Å². The SMILES string of the molecule is CC(=O)Nc1ccc(CC(=O)NCCC(=O)N2CCN(c3ccccc3)CC2)cc1. The molecule has 3 rings (SSSR count). The highest BCUT2D eigenvalue weighted by atomic mass is 16.2. The number of benzene rings is 2. The van der Waals surface area contributed by atoms with Crippen LogP contribution in [0, 0.1) is 0 Å².